The fourth-order valence-electron chi connectivity index (χ4n) is 3.32. The first kappa shape index (κ1) is 21.1. The second-order valence-corrected chi connectivity index (χ2v) is 7.33. The van der Waals surface area contributed by atoms with Gasteiger partial charge in [-0.05, 0) is 43.2 Å². The second kappa shape index (κ2) is 9.71. The van der Waals surface area contributed by atoms with Gasteiger partial charge < -0.3 is 19.9 Å². The first-order chi connectivity index (χ1) is 14.0. The largest absolute Gasteiger partial charge is 0.496 e. The Bertz CT molecular complexity index is 805. The van der Waals surface area contributed by atoms with E-state index in [2.05, 4.69) is 5.32 Å². The number of piperidine rings is 1. The number of benzene rings is 2. The van der Waals surface area contributed by atoms with Crippen LogP contribution in [0.15, 0.2) is 48.5 Å². The topological polar surface area (TPSA) is 71.0 Å². The summed E-state index contributed by atoms with van der Waals surface area (Å²) in [5.74, 6) is 0.882. The number of nitrogens with zero attached hydrogens (tertiary/aromatic N) is 1. The average Bonchev–Trinajstić information content (AvgIpc) is 2.74. The van der Waals surface area contributed by atoms with Gasteiger partial charge in [-0.3, -0.25) is 9.69 Å². The number of carbonyl (C=O) groups is 1. The number of ether oxygens (including phenoxy) is 2. The molecule has 1 aliphatic heterocycles. The standard InChI is InChI=1S/C22H27FN2O4/c1-28-20-5-3-2-4-17(20)14-24-21(26)15-25-12-10-22(27,11-13-25)16-29-19-8-6-18(23)7-9-19/h2-9,27H,10-16H2,1H3,(H,24,26). The highest BCUT2D eigenvalue weighted by atomic mass is 19.1. The van der Waals surface area contributed by atoms with Gasteiger partial charge in [0.2, 0.25) is 5.91 Å². The van der Waals surface area contributed by atoms with Crippen LogP contribution in [0.2, 0.25) is 0 Å². The zero-order chi connectivity index (χ0) is 20.7. The van der Waals surface area contributed by atoms with E-state index in [0.717, 1.165) is 11.3 Å². The van der Waals surface area contributed by atoms with Gasteiger partial charge >= 0.3 is 0 Å². The lowest BCUT2D eigenvalue weighted by molar-refractivity contribution is -0.124. The van der Waals surface area contributed by atoms with E-state index in [1.54, 1.807) is 19.2 Å². The maximum absolute atomic E-state index is 12.9. The van der Waals surface area contributed by atoms with Crippen molar-refractivity contribution in [3.05, 3.63) is 59.9 Å². The summed E-state index contributed by atoms with van der Waals surface area (Å²) in [5.41, 5.74) is -0.0204. The lowest BCUT2D eigenvalue weighted by atomic mass is 9.92. The van der Waals surface area contributed by atoms with Gasteiger partial charge in [0.1, 0.15) is 29.5 Å². The van der Waals surface area contributed by atoms with Crippen LogP contribution in [-0.4, -0.2) is 54.9 Å². The van der Waals surface area contributed by atoms with Crippen LogP contribution in [0.1, 0.15) is 18.4 Å². The summed E-state index contributed by atoms with van der Waals surface area (Å²) in [7, 11) is 1.61. The molecule has 3 rings (SSSR count). The lowest BCUT2D eigenvalue weighted by Gasteiger charge is -2.37. The number of rotatable bonds is 8. The maximum Gasteiger partial charge on any atom is 0.234 e. The third kappa shape index (κ3) is 6.17. The van der Waals surface area contributed by atoms with E-state index in [-0.39, 0.29) is 24.9 Å². The van der Waals surface area contributed by atoms with Crippen LogP contribution in [-0.2, 0) is 11.3 Å². The highest BCUT2D eigenvalue weighted by Crippen LogP contribution is 2.24. The van der Waals surface area contributed by atoms with Gasteiger partial charge in [0.25, 0.3) is 0 Å². The minimum absolute atomic E-state index is 0.0658. The summed E-state index contributed by atoms with van der Waals surface area (Å²) in [6.45, 7) is 2.04. The average molecular weight is 402 g/mol. The Labute approximate surface area is 170 Å². The normalized spacial score (nSPS) is 16.2. The molecule has 29 heavy (non-hydrogen) atoms. The van der Waals surface area contributed by atoms with Crippen molar-refractivity contribution >= 4 is 5.91 Å². The molecule has 0 saturated carbocycles. The van der Waals surface area contributed by atoms with Crippen LogP contribution in [0.4, 0.5) is 4.39 Å². The molecular formula is C22H27FN2O4. The van der Waals surface area contributed by atoms with Crippen molar-refractivity contribution in [2.24, 2.45) is 0 Å². The van der Waals surface area contributed by atoms with Gasteiger partial charge in [0.15, 0.2) is 0 Å². The summed E-state index contributed by atoms with van der Waals surface area (Å²) in [5, 5.41) is 13.6. The minimum Gasteiger partial charge on any atom is -0.496 e. The number of halogens is 1. The molecule has 1 amide bonds. The highest BCUT2D eigenvalue weighted by molar-refractivity contribution is 5.78. The first-order valence-corrected chi connectivity index (χ1v) is 9.69. The molecular weight excluding hydrogens is 375 g/mol. The van der Waals surface area contributed by atoms with E-state index in [1.165, 1.54) is 12.1 Å². The third-order valence-electron chi connectivity index (χ3n) is 5.14. The number of hydrogen-bond acceptors (Lipinski definition) is 5. The molecule has 156 valence electrons. The zero-order valence-electron chi connectivity index (χ0n) is 16.6. The van der Waals surface area contributed by atoms with Crippen molar-refractivity contribution in [1.29, 1.82) is 0 Å². The maximum atomic E-state index is 12.9. The number of hydrogen-bond donors (Lipinski definition) is 2. The summed E-state index contributed by atoms with van der Waals surface area (Å²) in [4.78, 5) is 14.3. The molecule has 0 spiro atoms. The van der Waals surface area contributed by atoms with Crippen LogP contribution in [0.3, 0.4) is 0 Å². The molecule has 2 aromatic rings. The van der Waals surface area contributed by atoms with E-state index >= 15 is 0 Å². The van der Waals surface area contributed by atoms with Crippen LogP contribution in [0.25, 0.3) is 0 Å². The number of nitrogens with one attached hydrogen (secondary N) is 1. The Hall–Kier alpha value is -2.64. The van der Waals surface area contributed by atoms with Crippen molar-refractivity contribution in [2.75, 3.05) is 33.4 Å². The Kier molecular flexibility index (Phi) is 7.06. The van der Waals surface area contributed by atoms with Gasteiger partial charge in [0, 0.05) is 25.2 Å². The van der Waals surface area contributed by atoms with Crippen molar-refractivity contribution in [3.8, 4) is 11.5 Å². The van der Waals surface area contributed by atoms with Crippen LogP contribution in [0, 0.1) is 5.82 Å². The predicted molar refractivity (Wildman–Crippen MR) is 107 cm³/mol. The number of methoxy groups -OCH3 is 1. The SMILES string of the molecule is COc1ccccc1CNC(=O)CN1CCC(O)(COc2ccc(F)cc2)CC1. The Morgan fingerprint density at radius 3 is 2.55 bits per heavy atom. The molecule has 1 heterocycles. The summed E-state index contributed by atoms with van der Waals surface area (Å²) < 4.78 is 23.8. The molecule has 0 unspecified atom stereocenters. The van der Waals surface area contributed by atoms with Crippen molar-refractivity contribution in [1.82, 2.24) is 10.2 Å². The molecule has 6 nitrogen and oxygen atoms in total. The van der Waals surface area contributed by atoms with Gasteiger partial charge in [-0.1, -0.05) is 18.2 Å². The van der Waals surface area contributed by atoms with Crippen LogP contribution >= 0.6 is 0 Å². The molecule has 7 heteroatoms. The number of amides is 1. The van der Waals surface area contributed by atoms with Gasteiger partial charge in [-0.15, -0.1) is 0 Å². The summed E-state index contributed by atoms with van der Waals surface area (Å²) in [6.07, 6.45) is 1.02. The molecule has 0 atom stereocenters. The minimum atomic E-state index is -0.946. The van der Waals surface area contributed by atoms with E-state index < -0.39 is 5.60 Å². The van der Waals surface area contributed by atoms with Crippen molar-refractivity contribution < 1.29 is 23.8 Å². The summed E-state index contributed by atoms with van der Waals surface area (Å²) in [6, 6.07) is 13.3. The van der Waals surface area contributed by atoms with Crippen molar-refractivity contribution in [2.45, 2.75) is 25.0 Å². The van der Waals surface area contributed by atoms with Crippen molar-refractivity contribution in [3.63, 3.8) is 0 Å². The number of carbonyl (C=O) groups excluding carboxylic acids is 1. The molecule has 0 aliphatic carbocycles. The van der Waals surface area contributed by atoms with Crippen LogP contribution < -0.4 is 14.8 Å². The van der Waals surface area contributed by atoms with Crippen LogP contribution in [0.5, 0.6) is 11.5 Å². The van der Waals surface area contributed by atoms with E-state index in [0.29, 0.717) is 38.2 Å². The zero-order valence-corrected chi connectivity index (χ0v) is 16.6. The van der Waals surface area contributed by atoms with Gasteiger partial charge in [0.05, 0.1) is 13.7 Å². The Morgan fingerprint density at radius 1 is 1.17 bits per heavy atom. The fraction of sp³-hybridized carbons (Fsp3) is 0.409. The van der Waals surface area contributed by atoms with E-state index in [1.807, 2.05) is 29.2 Å². The summed E-state index contributed by atoms with van der Waals surface area (Å²) >= 11 is 0. The third-order valence-corrected chi connectivity index (χ3v) is 5.14. The molecule has 0 aromatic heterocycles. The lowest BCUT2D eigenvalue weighted by Crippen LogP contribution is -2.50. The first-order valence-electron chi connectivity index (χ1n) is 9.69. The molecule has 1 saturated heterocycles. The second-order valence-electron chi connectivity index (χ2n) is 7.33. The number of likely N-dealkylation sites (tertiary alicyclic amines) is 1. The van der Waals surface area contributed by atoms with Gasteiger partial charge in [-0.2, -0.15) is 0 Å². The Balaban J connectivity index is 1.40. The number of para-hydroxylation sites is 1. The quantitative estimate of drug-likeness (QED) is 0.709. The molecule has 0 radical (unpaired) electrons. The fourth-order valence-corrected chi connectivity index (χ4v) is 3.32. The monoisotopic (exact) mass is 402 g/mol. The molecule has 2 aromatic carbocycles. The van der Waals surface area contributed by atoms with E-state index in [4.69, 9.17) is 9.47 Å². The Morgan fingerprint density at radius 2 is 1.86 bits per heavy atom. The molecule has 0 bridgehead atoms. The van der Waals surface area contributed by atoms with E-state index in [9.17, 15) is 14.3 Å². The molecule has 2 N–H and O–H groups in total. The van der Waals surface area contributed by atoms with Gasteiger partial charge in [-0.25, -0.2) is 4.39 Å². The molecule has 1 aliphatic rings. The smallest absolute Gasteiger partial charge is 0.234 e. The number of aliphatic hydroxyl groups is 1. The highest BCUT2D eigenvalue weighted by Gasteiger charge is 2.33. The predicted octanol–water partition coefficient (Wildman–Crippen LogP) is 2.36. The molecule has 1 fully saturated rings.